The van der Waals surface area contributed by atoms with Gasteiger partial charge in [0, 0.05) is 12.3 Å². The molecule has 0 amide bonds. The lowest BCUT2D eigenvalue weighted by Crippen LogP contribution is -2.31. The van der Waals surface area contributed by atoms with E-state index in [1.165, 1.54) is 19.3 Å². The van der Waals surface area contributed by atoms with Crippen LogP contribution in [0.3, 0.4) is 0 Å². The van der Waals surface area contributed by atoms with E-state index in [0.717, 1.165) is 12.8 Å². The summed E-state index contributed by atoms with van der Waals surface area (Å²) in [6, 6.07) is 0. The predicted octanol–water partition coefficient (Wildman–Crippen LogP) is 4.06. The molecule has 1 saturated carbocycles. The van der Waals surface area contributed by atoms with E-state index in [-0.39, 0.29) is 0 Å². The normalized spacial score (nSPS) is 27.3. The zero-order valence-corrected chi connectivity index (χ0v) is 10.8. The lowest BCUT2D eigenvalue weighted by molar-refractivity contribution is -0.127. The van der Waals surface area contributed by atoms with Crippen LogP contribution in [0.15, 0.2) is 0 Å². The summed E-state index contributed by atoms with van der Waals surface area (Å²) in [5.74, 6) is 2.76. The third kappa shape index (κ3) is 3.62. The van der Waals surface area contributed by atoms with Gasteiger partial charge in [0.15, 0.2) is 0 Å². The topological polar surface area (TPSA) is 17.1 Å². The molecule has 0 aromatic carbocycles. The molecule has 88 valence electrons. The Bertz CT molecular complexity index is 205. The van der Waals surface area contributed by atoms with Crippen LogP contribution in [0, 0.1) is 23.7 Å². The average molecular weight is 210 g/mol. The molecule has 0 heterocycles. The second-order valence-electron chi connectivity index (χ2n) is 5.86. The third-order valence-electron chi connectivity index (χ3n) is 3.70. The fraction of sp³-hybridized carbons (Fsp3) is 0.929. The molecule has 0 bridgehead atoms. The Labute approximate surface area is 94.6 Å². The Morgan fingerprint density at radius 3 is 2.27 bits per heavy atom. The van der Waals surface area contributed by atoms with Crippen molar-refractivity contribution in [2.75, 3.05) is 0 Å². The fourth-order valence-electron chi connectivity index (χ4n) is 2.91. The summed E-state index contributed by atoms with van der Waals surface area (Å²) in [4.78, 5) is 12.1. The van der Waals surface area contributed by atoms with Gasteiger partial charge in [-0.25, -0.2) is 0 Å². The van der Waals surface area contributed by atoms with Gasteiger partial charge in [-0.15, -0.1) is 0 Å². The molecule has 1 nitrogen and oxygen atoms in total. The highest BCUT2D eigenvalue weighted by Crippen LogP contribution is 2.36. The number of ketones is 1. The van der Waals surface area contributed by atoms with Crippen LogP contribution < -0.4 is 0 Å². The van der Waals surface area contributed by atoms with E-state index in [0.29, 0.717) is 29.5 Å². The summed E-state index contributed by atoms with van der Waals surface area (Å²) >= 11 is 0. The van der Waals surface area contributed by atoms with Crippen molar-refractivity contribution in [2.24, 2.45) is 23.7 Å². The zero-order valence-electron chi connectivity index (χ0n) is 10.8. The second-order valence-corrected chi connectivity index (χ2v) is 5.86. The van der Waals surface area contributed by atoms with Gasteiger partial charge in [-0.1, -0.05) is 40.5 Å². The van der Waals surface area contributed by atoms with Crippen molar-refractivity contribution < 1.29 is 4.79 Å². The molecule has 0 N–H and O–H groups in total. The van der Waals surface area contributed by atoms with Crippen molar-refractivity contribution in [3.8, 4) is 0 Å². The molecule has 1 aliphatic rings. The molecule has 0 aromatic heterocycles. The molecule has 0 saturated heterocycles. The largest absolute Gasteiger partial charge is 0.299 e. The van der Waals surface area contributed by atoms with Gasteiger partial charge in [-0.05, 0) is 30.6 Å². The average Bonchev–Trinajstić information content (AvgIpc) is 2.16. The van der Waals surface area contributed by atoms with Gasteiger partial charge < -0.3 is 0 Å². The van der Waals surface area contributed by atoms with Crippen LogP contribution >= 0.6 is 0 Å². The number of carbonyl (C=O) groups excluding carboxylic acids is 1. The van der Waals surface area contributed by atoms with Crippen LogP contribution in [0.25, 0.3) is 0 Å². The van der Waals surface area contributed by atoms with E-state index in [9.17, 15) is 4.79 Å². The predicted molar refractivity (Wildman–Crippen MR) is 64.7 cm³/mol. The van der Waals surface area contributed by atoms with Gasteiger partial charge >= 0.3 is 0 Å². The molecule has 0 radical (unpaired) electrons. The molecule has 15 heavy (non-hydrogen) atoms. The van der Waals surface area contributed by atoms with Gasteiger partial charge in [-0.3, -0.25) is 4.79 Å². The Balaban J connectivity index is 2.59. The van der Waals surface area contributed by atoms with Crippen LogP contribution in [0.1, 0.15) is 59.8 Å². The van der Waals surface area contributed by atoms with Gasteiger partial charge in [0.05, 0.1) is 0 Å². The SMILES string of the molecule is CC(C)CC(=O)C1CCCCC1C(C)C. The molecule has 1 rings (SSSR count). The molecule has 2 atom stereocenters. The Morgan fingerprint density at radius 2 is 1.73 bits per heavy atom. The lowest BCUT2D eigenvalue weighted by Gasteiger charge is -2.33. The van der Waals surface area contributed by atoms with Crippen molar-refractivity contribution in [1.82, 2.24) is 0 Å². The molecule has 0 aromatic rings. The maximum atomic E-state index is 12.1. The van der Waals surface area contributed by atoms with Crippen molar-refractivity contribution >= 4 is 5.78 Å². The minimum Gasteiger partial charge on any atom is -0.299 e. The Morgan fingerprint density at radius 1 is 1.13 bits per heavy atom. The highest BCUT2D eigenvalue weighted by Gasteiger charge is 2.32. The molecule has 0 spiro atoms. The number of hydrogen-bond acceptors (Lipinski definition) is 1. The Kier molecular flexibility index (Phi) is 4.82. The van der Waals surface area contributed by atoms with E-state index in [1.54, 1.807) is 0 Å². The monoisotopic (exact) mass is 210 g/mol. The van der Waals surface area contributed by atoms with Crippen LogP contribution in [-0.2, 0) is 4.79 Å². The fourth-order valence-corrected chi connectivity index (χ4v) is 2.91. The summed E-state index contributed by atoms with van der Waals surface area (Å²) in [7, 11) is 0. The quantitative estimate of drug-likeness (QED) is 0.683. The van der Waals surface area contributed by atoms with Crippen molar-refractivity contribution in [3.05, 3.63) is 0 Å². The van der Waals surface area contributed by atoms with Crippen LogP contribution in [0.5, 0.6) is 0 Å². The zero-order chi connectivity index (χ0) is 11.4. The number of rotatable bonds is 4. The molecule has 0 aliphatic heterocycles. The summed E-state index contributed by atoms with van der Waals surface area (Å²) in [6.45, 7) is 8.83. The molecule has 1 fully saturated rings. The second kappa shape index (κ2) is 5.67. The number of hydrogen-bond donors (Lipinski definition) is 0. The molecule has 1 heteroatoms. The molecule has 2 unspecified atom stereocenters. The number of carbonyl (C=O) groups is 1. The van der Waals surface area contributed by atoms with Gasteiger partial charge in [0.1, 0.15) is 5.78 Å². The summed E-state index contributed by atoms with van der Waals surface area (Å²) in [5, 5.41) is 0. The first-order valence-corrected chi connectivity index (χ1v) is 6.55. The third-order valence-corrected chi connectivity index (χ3v) is 3.70. The molecular weight excluding hydrogens is 184 g/mol. The molecule has 1 aliphatic carbocycles. The van der Waals surface area contributed by atoms with E-state index in [1.807, 2.05) is 0 Å². The van der Waals surface area contributed by atoms with Crippen LogP contribution in [-0.4, -0.2) is 5.78 Å². The van der Waals surface area contributed by atoms with Crippen molar-refractivity contribution in [3.63, 3.8) is 0 Å². The Hall–Kier alpha value is -0.330. The highest BCUT2D eigenvalue weighted by atomic mass is 16.1. The first kappa shape index (κ1) is 12.7. The summed E-state index contributed by atoms with van der Waals surface area (Å²) in [6.07, 6.45) is 5.79. The summed E-state index contributed by atoms with van der Waals surface area (Å²) < 4.78 is 0. The minimum atomic E-state index is 0.376. The van der Waals surface area contributed by atoms with E-state index < -0.39 is 0 Å². The minimum absolute atomic E-state index is 0.376. The van der Waals surface area contributed by atoms with E-state index >= 15 is 0 Å². The number of Topliss-reactive ketones (excluding diaryl/α,β-unsaturated/α-hetero) is 1. The van der Waals surface area contributed by atoms with Crippen molar-refractivity contribution in [1.29, 1.82) is 0 Å². The van der Waals surface area contributed by atoms with Gasteiger partial charge in [0.2, 0.25) is 0 Å². The van der Waals surface area contributed by atoms with E-state index in [2.05, 4.69) is 27.7 Å². The lowest BCUT2D eigenvalue weighted by atomic mass is 9.71. The maximum absolute atomic E-state index is 12.1. The molecular formula is C14H26O. The summed E-state index contributed by atoms with van der Waals surface area (Å²) in [5.41, 5.74) is 0. The smallest absolute Gasteiger partial charge is 0.136 e. The van der Waals surface area contributed by atoms with Crippen LogP contribution in [0.2, 0.25) is 0 Å². The first-order chi connectivity index (χ1) is 7.02. The standard InChI is InChI=1S/C14H26O/c1-10(2)9-14(15)13-8-6-5-7-12(13)11(3)4/h10-13H,5-9H2,1-4H3. The van der Waals surface area contributed by atoms with Crippen LogP contribution in [0.4, 0.5) is 0 Å². The van der Waals surface area contributed by atoms with E-state index in [4.69, 9.17) is 0 Å². The van der Waals surface area contributed by atoms with Crippen molar-refractivity contribution in [2.45, 2.75) is 59.8 Å². The maximum Gasteiger partial charge on any atom is 0.136 e. The van der Waals surface area contributed by atoms with Gasteiger partial charge in [0.25, 0.3) is 0 Å². The first-order valence-electron chi connectivity index (χ1n) is 6.55. The van der Waals surface area contributed by atoms with Gasteiger partial charge in [-0.2, -0.15) is 0 Å². The highest BCUT2D eigenvalue weighted by molar-refractivity contribution is 5.81.